The predicted octanol–water partition coefficient (Wildman–Crippen LogP) is -2.29. The molecule has 1 saturated carbocycles. The third kappa shape index (κ3) is 2.25. The van der Waals surface area contributed by atoms with Gasteiger partial charge in [0.1, 0.15) is 24.4 Å². The molecule has 6 atom stereocenters. The summed E-state index contributed by atoms with van der Waals surface area (Å²) in [5.41, 5.74) is 0. The van der Waals surface area contributed by atoms with Gasteiger partial charge in [0.05, 0.1) is 0 Å². The third-order valence-corrected chi connectivity index (χ3v) is 2.33. The molecule has 7 heteroatoms. The second-order valence-corrected chi connectivity index (χ2v) is 3.48. The minimum Gasteiger partial charge on any atom is -0.456 e. The molecule has 0 aromatic rings. The summed E-state index contributed by atoms with van der Waals surface area (Å²) in [5, 5.41) is 36.7. The fourth-order valence-corrected chi connectivity index (χ4v) is 1.50. The van der Waals surface area contributed by atoms with Crippen LogP contribution in [0.1, 0.15) is 6.92 Å². The molecule has 15 heavy (non-hydrogen) atoms. The summed E-state index contributed by atoms with van der Waals surface area (Å²) in [6.45, 7) is 1.00. The van der Waals surface area contributed by atoms with Crippen LogP contribution in [0.3, 0.4) is 0 Å². The van der Waals surface area contributed by atoms with E-state index >= 15 is 0 Å². The summed E-state index contributed by atoms with van der Waals surface area (Å²) in [4.78, 5) is 10.6. The molecule has 0 amide bonds. The van der Waals surface area contributed by atoms with E-state index in [4.69, 9.17) is 10.2 Å². The Kier molecular flexibility index (Phi) is 3.61. The molecular weight excluding hydrogens is 211 g/mol. The molecule has 0 bridgehead atoms. The summed E-state index contributed by atoms with van der Waals surface area (Å²) in [7, 11) is 0. The lowest BCUT2D eigenvalue weighted by molar-refractivity contribution is -0.218. The molecule has 1 aliphatic rings. The van der Waals surface area contributed by atoms with Gasteiger partial charge >= 0.3 is 5.97 Å². The Morgan fingerprint density at radius 3 is 2.00 bits per heavy atom. The Balaban J connectivity index is 2.81. The van der Waals surface area contributed by atoms with E-state index in [0.717, 1.165) is 6.92 Å². The van der Waals surface area contributed by atoms with Crippen molar-refractivity contribution in [2.24, 2.45) is 0 Å². The van der Waals surface area contributed by atoms with Gasteiger partial charge in [0.2, 0.25) is 0 Å². The van der Waals surface area contributed by atoms with Crippen molar-refractivity contribution in [3.8, 4) is 0 Å². The van der Waals surface area contributed by atoms with Crippen molar-refractivity contribution < 1.29 is 34.3 Å². The zero-order valence-corrected chi connectivity index (χ0v) is 7.95. The van der Waals surface area contributed by atoms with Gasteiger partial charge in [0.25, 0.3) is 0 Å². The highest BCUT2D eigenvalue weighted by atomic mass is 19.1. The number of rotatable bonds is 1. The molecule has 6 unspecified atom stereocenters. The standard InChI is InChI=1S/C8H13FO6/c1-2(10)15-8-3(9)4(11)5(12)6(13)7(8)14/h3-8,11-14H,1H3. The highest BCUT2D eigenvalue weighted by Gasteiger charge is 2.51. The van der Waals surface area contributed by atoms with Crippen LogP contribution < -0.4 is 0 Å². The van der Waals surface area contributed by atoms with Gasteiger partial charge in [0.15, 0.2) is 12.3 Å². The minimum atomic E-state index is -2.14. The monoisotopic (exact) mass is 224 g/mol. The van der Waals surface area contributed by atoms with Crippen LogP contribution in [-0.4, -0.2) is 63.1 Å². The van der Waals surface area contributed by atoms with Gasteiger partial charge < -0.3 is 25.2 Å². The minimum absolute atomic E-state index is 0.850. The lowest BCUT2D eigenvalue weighted by Crippen LogP contribution is -2.63. The van der Waals surface area contributed by atoms with Crippen molar-refractivity contribution in [1.29, 1.82) is 0 Å². The van der Waals surface area contributed by atoms with E-state index < -0.39 is 42.7 Å². The number of alkyl halides is 1. The number of hydrogen-bond donors (Lipinski definition) is 4. The van der Waals surface area contributed by atoms with E-state index in [9.17, 15) is 19.4 Å². The van der Waals surface area contributed by atoms with Crippen LogP contribution in [0.5, 0.6) is 0 Å². The zero-order chi connectivity index (χ0) is 11.7. The van der Waals surface area contributed by atoms with Crippen LogP contribution in [0.25, 0.3) is 0 Å². The smallest absolute Gasteiger partial charge is 0.303 e. The molecule has 0 radical (unpaired) electrons. The molecular formula is C8H13FO6. The van der Waals surface area contributed by atoms with Crippen LogP contribution in [0, 0.1) is 0 Å². The van der Waals surface area contributed by atoms with E-state index in [0.29, 0.717) is 0 Å². The fourth-order valence-electron chi connectivity index (χ4n) is 1.50. The average molecular weight is 224 g/mol. The van der Waals surface area contributed by atoms with E-state index in [1.165, 1.54) is 0 Å². The van der Waals surface area contributed by atoms with Crippen molar-refractivity contribution in [2.75, 3.05) is 0 Å². The number of esters is 1. The normalized spacial score (nSPS) is 46.3. The Labute approximate surface area is 84.9 Å². The molecule has 6 nitrogen and oxygen atoms in total. The lowest BCUT2D eigenvalue weighted by Gasteiger charge is -2.39. The molecule has 1 rings (SSSR count). The van der Waals surface area contributed by atoms with Crippen LogP contribution in [0.4, 0.5) is 4.39 Å². The number of aliphatic hydroxyl groups is 4. The second kappa shape index (κ2) is 4.40. The maximum absolute atomic E-state index is 13.3. The molecule has 1 fully saturated rings. The van der Waals surface area contributed by atoms with E-state index in [-0.39, 0.29) is 0 Å². The van der Waals surface area contributed by atoms with Gasteiger partial charge in [0, 0.05) is 6.92 Å². The number of halogens is 1. The Morgan fingerprint density at radius 1 is 1.07 bits per heavy atom. The van der Waals surface area contributed by atoms with Crippen molar-refractivity contribution >= 4 is 5.97 Å². The number of carbonyl (C=O) groups excluding carboxylic acids is 1. The van der Waals surface area contributed by atoms with Crippen molar-refractivity contribution in [1.82, 2.24) is 0 Å². The van der Waals surface area contributed by atoms with Crippen LogP contribution in [-0.2, 0) is 9.53 Å². The van der Waals surface area contributed by atoms with Gasteiger partial charge in [-0.1, -0.05) is 0 Å². The Morgan fingerprint density at radius 2 is 1.53 bits per heavy atom. The first-order chi connectivity index (χ1) is 6.86. The maximum Gasteiger partial charge on any atom is 0.303 e. The van der Waals surface area contributed by atoms with Crippen molar-refractivity contribution in [2.45, 2.75) is 43.6 Å². The van der Waals surface area contributed by atoms with E-state index in [2.05, 4.69) is 4.74 Å². The first-order valence-electron chi connectivity index (χ1n) is 4.39. The summed E-state index contributed by atoms with van der Waals surface area (Å²) >= 11 is 0. The van der Waals surface area contributed by atoms with Gasteiger partial charge in [-0.3, -0.25) is 4.79 Å². The number of carbonyl (C=O) groups is 1. The molecule has 4 N–H and O–H groups in total. The van der Waals surface area contributed by atoms with Gasteiger partial charge in [-0.25, -0.2) is 4.39 Å². The van der Waals surface area contributed by atoms with Gasteiger partial charge in [-0.15, -0.1) is 0 Å². The first kappa shape index (κ1) is 12.3. The second-order valence-electron chi connectivity index (χ2n) is 3.48. The van der Waals surface area contributed by atoms with E-state index in [1.54, 1.807) is 0 Å². The maximum atomic E-state index is 13.3. The lowest BCUT2D eigenvalue weighted by atomic mass is 9.86. The average Bonchev–Trinajstić information content (AvgIpc) is 2.18. The molecule has 0 spiro atoms. The largest absolute Gasteiger partial charge is 0.456 e. The first-order valence-corrected chi connectivity index (χ1v) is 4.39. The van der Waals surface area contributed by atoms with Crippen molar-refractivity contribution in [3.63, 3.8) is 0 Å². The number of ether oxygens (including phenoxy) is 1. The van der Waals surface area contributed by atoms with Crippen LogP contribution in [0.2, 0.25) is 0 Å². The molecule has 0 aliphatic heterocycles. The Hall–Kier alpha value is -0.760. The molecule has 1 aliphatic carbocycles. The predicted molar refractivity (Wildman–Crippen MR) is 44.5 cm³/mol. The number of hydrogen-bond acceptors (Lipinski definition) is 6. The van der Waals surface area contributed by atoms with Gasteiger partial charge in [-0.05, 0) is 0 Å². The van der Waals surface area contributed by atoms with Crippen LogP contribution in [0.15, 0.2) is 0 Å². The molecule has 0 saturated heterocycles. The van der Waals surface area contributed by atoms with Crippen molar-refractivity contribution in [3.05, 3.63) is 0 Å². The Bertz CT molecular complexity index is 231. The highest BCUT2D eigenvalue weighted by molar-refractivity contribution is 5.66. The zero-order valence-electron chi connectivity index (χ0n) is 7.95. The third-order valence-electron chi connectivity index (χ3n) is 2.33. The topological polar surface area (TPSA) is 107 Å². The molecule has 0 aromatic heterocycles. The summed E-state index contributed by atoms with van der Waals surface area (Å²) < 4.78 is 17.7. The summed E-state index contributed by atoms with van der Waals surface area (Å²) in [6, 6.07) is 0. The highest BCUT2D eigenvalue weighted by Crippen LogP contribution is 2.26. The van der Waals surface area contributed by atoms with E-state index in [1.807, 2.05) is 0 Å². The van der Waals surface area contributed by atoms with Gasteiger partial charge in [-0.2, -0.15) is 0 Å². The molecule has 0 aromatic carbocycles. The van der Waals surface area contributed by atoms with Crippen LogP contribution >= 0.6 is 0 Å². The number of aliphatic hydroxyl groups excluding tert-OH is 4. The summed E-state index contributed by atoms with van der Waals surface area (Å²) in [6.07, 6.45) is -11.0. The quantitative estimate of drug-likeness (QED) is 0.374. The fraction of sp³-hybridized carbons (Fsp3) is 0.875. The SMILES string of the molecule is CC(=O)OC1C(O)C(O)C(O)C(O)C1F. The molecule has 0 heterocycles. The summed E-state index contributed by atoms with van der Waals surface area (Å²) in [5.74, 6) is -0.850. The molecule has 88 valence electrons.